The molecule has 0 saturated carbocycles. The van der Waals surface area contributed by atoms with E-state index in [0.29, 0.717) is 25.9 Å². The molecule has 2 N–H and O–H groups in total. The van der Waals surface area contributed by atoms with Crippen molar-refractivity contribution in [2.24, 2.45) is 0 Å². The van der Waals surface area contributed by atoms with Gasteiger partial charge in [-0.3, -0.25) is 9.69 Å². The average molecular weight is 584 g/mol. The molecule has 3 aromatic heterocycles. The van der Waals surface area contributed by atoms with E-state index in [1.165, 1.54) is 4.90 Å². The van der Waals surface area contributed by atoms with E-state index in [4.69, 9.17) is 0 Å². The fourth-order valence-electron chi connectivity index (χ4n) is 4.01. The van der Waals surface area contributed by atoms with Gasteiger partial charge in [0.2, 0.25) is 15.9 Å². The molecule has 0 spiro atoms. The quantitative estimate of drug-likeness (QED) is 0.251. The molecule has 12 heteroatoms. The van der Waals surface area contributed by atoms with Crippen LogP contribution in [0.15, 0.2) is 56.7 Å². The van der Waals surface area contributed by atoms with Crippen LogP contribution in [0.4, 0.5) is 4.79 Å². The van der Waals surface area contributed by atoms with Crippen LogP contribution in [0.3, 0.4) is 0 Å². The van der Waals surface area contributed by atoms with Gasteiger partial charge in [0.15, 0.2) is 0 Å². The third kappa shape index (κ3) is 8.37. The van der Waals surface area contributed by atoms with E-state index in [-0.39, 0.29) is 23.1 Å². The van der Waals surface area contributed by atoms with Gasteiger partial charge in [-0.05, 0) is 74.4 Å². The second kappa shape index (κ2) is 13.0. The van der Waals surface area contributed by atoms with Gasteiger partial charge in [0.25, 0.3) is 0 Å². The van der Waals surface area contributed by atoms with Gasteiger partial charge in [0, 0.05) is 21.8 Å². The molecule has 0 aliphatic heterocycles. The molecule has 0 bridgehead atoms. The van der Waals surface area contributed by atoms with Crippen LogP contribution in [0.2, 0.25) is 0 Å². The van der Waals surface area contributed by atoms with Crippen molar-refractivity contribution in [3.8, 4) is 0 Å². The number of carboxylic acid groups (broad SMARTS) is 1. The maximum atomic E-state index is 14.0. The van der Waals surface area contributed by atoms with E-state index in [9.17, 15) is 23.1 Å². The Bertz CT molecular complexity index is 1180. The summed E-state index contributed by atoms with van der Waals surface area (Å²) in [4.78, 5) is 31.4. The van der Waals surface area contributed by atoms with Crippen LogP contribution in [-0.2, 0) is 27.9 Å². The zero-order valence-corrected chi connectivity index (χ0v) is 24.4. The second-order valence-corrected chi connectivity index (χ2v) is 14.5. The highest BCUT2D eigenvalue weighted by molar-refractivity contribution is 7.91. The monoisotopic (exact) mass is 583 g/mol. The Balaban J connectivity index is 1.76. The molecule has 2 amide bonds. The van der Waals surface area contributed by atoms with Crippen LogP contribution in [-0.4, -0.2) is 53.5 Å². The summed E-state index contributed by atoms with van der Waals surface area (Å²) in [5.41, 5.74) is -0.801. The number of hydrogen-bond donors (Lipinski definition) is 2. The van der Waals surface area contributed by atoms with Crippen molar-refractivity contribution in [1.82, 2.24) is 14.5 Å². The van der Waals surface area contributed by atoms with Crippen LogP contribution in [0.25, 0.3) is 0 Å². The number of sulfonamides is 1. The number of carbonyl (C=O) groups is 2. The van der Waals surface area contributed by atoms with Gasteiger partial charge >= 0.3 is 6.09 Å². The van der Waals surface area contributed by atoms with Crippen LogP contribution in [0.5, 0.6) is 0 Å². The second-order valence-electron chi connectivity index (χ2n) is 9.52. The van der Waals surface area contributed by atoms with E-state index in [1.54, 1.807) is 65.9 Å². The molecule has 0 unspecified atom stereocenters. The molecule has 3 heterocycles. The van der Waals surface area contributed by atoms with Gasteiger partial charge in [0.05, 0.1) is 13.1 Å². The predicted molar refractivity (Wildman–Crippen MR) is 150 cm³/mol. The van der Waals surface area contributed by atoms with Crippen molar-refractivity contribution in [3.05, 3.63) is 62.3 Å². The van der Waals surface area contributed by atoms with E-state index in [0.717, 1.165) is 21.1 Å². The molecule has 202 valence electrons. The molecular formula is C25H33N3O5S4. The lowest BCUT2D eigenvalue weighted by atomic mass is 9.98. The lowest BCUT2D eigenvalue weighted by Crippen LogP contribution is -2.57. The topological polar surface area (TPSA) is 107 Å². The number of nitrogens with one attached hydrogen (secondary N) is 1. The SMILES string of the molecule is CC(C)(C)N(C(=O)O)[C@@H](CCCCNS(=O)(=O)c1cccs1)C(=O)N(Cc1cccs1)Cc1cccs1. The van der Waals surface area contributed by atoms with Gasteiger partial charge in [-0.1, -0.05) is 18.2 Å². The first-order valence-corrected chi connectivity index (χ1v) is 16.0. The van der Waals surface area contributed by atoms with Crippen molar-refractivity contribution in [3.63, 3.8) is 0 Å². The van der Waals surface area contributed by atoms with Gasteiger partial charge in [-0.2, -0.15) is 0 Å². The van der Waals surface area contributed by atoms with E-state index in [1.807, 2.05) is 35.0 Å². The highest BCUT2D eigenvalue weighted by atomic mass is 32.2. The number of thiophene rings is 3. The smallest absolute Gasteiger partial charge is 0.408 e. The minimum atomic E-state index is -3.57. The fourth-order valence-corrected chi connectivity index (χ4v) is 7.56. The normalized spacial score (nSPS) is 12.8. The van der Waals surface area contributed by atoms with Crippen LogP contribution in [0.1, 0.15) is 49.8 Å². The largest absolute Gasteiger partial charge is 0.465 e. The Morgan fingerprint density at radius 1 is 0.946 bits per heavy atom. The van der Waals surface area contributed by atoms with E-state index in [2.05, 4.69) is 4.72 Å². The van der Waals surface area contributed by atoms with Crippen molar-refractivity contribution < 1.29 is 23.1 Å². The van der Waals surface area contributed by atoms with Crippen molar-refractivity contribution in [2.75, 3.05) is 6.54 Å². The lowest BCUT2D eigenvalue weighted by Gasteiger charge is -2.40. The highest BCUT2D eigenvalue weighted by Crippen LogP contribution is 2.26. The first-order valence-electron chi connectivity index (χ1n) is 11.9. The minimum absolute atomic E-state index is 0.206. The molecule has 0 radical (unpaired) electrons. The third-order valence-electron chi connectivity index (χ3n) is 5.65. The first-order chi connectivity index (χ1) is 17.5. The molecule has 0 saturated heterocycles. The Labute approximate surface area is 230 Å². The summed E-state index contributed by atoms with van der Waals surface area (Å²) in [6.45, 7) is 6.32. The Hall–Kier alpha value is -2.25. The number of rotatable bonds is 13. The number of amides is 2. The summed E-state index contributed by atoms with van der Waals surface area (Å²) in [6.07, 6.45) is 0.0854. The Kier molecular flexibility index (Phi) is 10.3. The summed E-state index contributed by atoms with van der Waals surface area (Å²) in [5, 5.41) is 15.7. The maximum Gasteiger partial charge on any atom is 0.408 e. The van der Waals surface area contributed by atoms with E-state index >= 15 is 0 Å². The third-order valence-corrected chi connectivity index (χ3v) is 10.2. The molecule has 8 nitrogen and oxygen atoms in total. The maximum absolute atomic E-state index is 14.0. The van der Waals surface area contributed by atoms with E-state index < -0.39 is 27.7 Å². The molecule has 3 aromatic rings. The predicted octanol–water partition coefficient (Wildman–Crippen LogP) is 5.70. The number of carbonyl (C=O) groups excluding carboxylic acids is 1. The number of unbranched alkanes of at least 4 members (excludes halogenated alkanes) is 1. The summed E-state index contributed by atoms with van der Waals surface area (Å²) in [5.74, 6) is -0.252. The molecule has 37 heavy (non-hydrogen) atoms. The van der Waals surface area contributed by atoms with Crippen molar-refractivity contribution >= 4 is 56.0 Å². The van der Waals surface area contributed by atoms with Gasteiger partial charge < -0.3 is 10.0 Å². The summed E-state index contributed by atoms with van der Waals surface area (Å²) in [7, 11) is -3.57. The molecule has 1 atom stereocenters. The molecule has 3 rings (SSSR count). The zero-order chi connectivity index (χ0) is 27.1. The van der Waals surface area contributed by atoms with Crippen LogP contribution >= 0.6 is 34.0 Å². The molecule has 0 aliphatic rings. The Morgan fingerprint density at radius 2 is 1.51 bits per heavy atom. The van der Waals surface area contributed by atoms with Crippen LogP contribution in [0, 0.1) is 0 Å². The Morgan fingerprint density at radius 3 is 1.97 bits per heavy atom. The summed E-state index contributed by atoms with van der Waals surface area (Å²) >= 11 is 4.26. The molecule has 0 aromatic carbocycles. The minimum Gasteiger partial charge on any atom is -0.465 e. The van der Waals surface area contributed by atoms with Crippen LogP contribution < -0.4 is 4.72 Å². The summed E-state index contributed by atoms with van der Waals surface area (Å²) in [6, 6.07) is 10.1. The molecule has 0 fully saturated rings. The fraction of sp³-hybridized carbons (Fsp3) is 0.440. The number of nitrogens with zero attached hydrogens (tertiary/aromatic N) is 2. The van der Waals surface area contributed by atoms with Gasteiger partial charge in [-0.25, -0.2) is 17.9 Å². The first kappa shape index (κ1) is 29.3. The number of hydrogen-bond acceptors (Lipinski definition) is 7. The highest BCUT2D eigenvalue weighted by Gasteiger charge is 2.39. The standard InChI is InChI=1S/C25H33N3O5S4/c1-25(2,3)28(24(30)31)21(11-4-5-13-26-37(32,33)22-12-8-16-36-22)23(29)27(17-19-9-6-14-34-19)18-20-10-7-15-35-20/h6-10,12,14-16,21,26H,4-5,11,13,17-18H2,1-3H3,(H,30,31)/t21-/m0/s1. The zero-order valence-electron chi connectivity index (χ0n) is 21.1. The lowest BCUT2D eigenvalue weighted by molar-refractivity contribution is -0.139. The van der Waals surface area contributed by atoms with Gasteiger partial charge in [0.1, 0.15) is 10.3 Å². The average Bonchev–Trinajstić information content (AvgIpc) is 3.60. The molecule has 0 aliphatic carbocycles. The van der Waals surface area contributed by atoms with Crippen molar-refractivity contribution in [2.45, 2.75) is 68.9 Å². The molecular weight excluding hydrogens is 551 g/mol. The van der Waals surface area contributed by atoms with Crippen molar-refractivity contribution in [1.29, 1.82) is 0 Å². The van der Waals surface area contributed by atoms with Gasteiger partial charge in [-0.15, -0.1) is 34.0 Å². The summed E-state index contributed by atoms with van der Waals surface area (Å²) < 4.78 is 27.6.